The number of aliphatic imine (C=N–C) groups is 1. The molecular formula is C20H27N3O2. The van der Waals surface area contributed by atoms with Crippen LogP contribution < -0.4 is 15.4 Å². The molecule has 0 saturated carbocycles. The highest BCUT2D eigenvalue weighted by Crippen LogP contribution is 2.11. The average Bonchev–Trinajstić information content (AvgIpc) is 2.66. The van der Waals surface area contributed by atoms with Crippen LogP contribution in [0.2, 0.25) is 0 Å². The Kier molecular flexibility index (Phi) is 7.79. The molecule has 0 saturated heterocycles. The second-order valence-electron chi connectivity index (χ2n) is 5.65. The molecular weight excluding hydrogens is 314 g/mol. The summed E-state index contributed by atoms with van der Waals surface area (Å²) in [5.74, 6) is 1.67. The summed E-state index contributed by atoms with van der Waals surface area (Å²) in [7, 11) is 5.17. The van der Waals surface area contributed by atoms with Crippen LogP contribution in [0.25, 0.3) is 0 Å². The number of guanidine groups is 1. The Bertz CT molecular complexity index is 669. The molecule has 0 amide bonds. The van der Waals surface area contributed by atoms with Gasteiger partial charge in [-0.3, -0.25) is 4.99 Å². The number of ether oxygens (including phenoxy) is 2. The maximum Gasteiger partial charge on any atom is 0.191 e. The molecule has 5 heteroatoms. The molecule has 0 fully saturated rings. The zero-order valence-electron chi connectivity index (χ0n) is 15.2. The first kappa shape index (κ1) is 18.8. The summed E-state index contributed by atoms with van der Waals surface area (Å²) in [6.45, 7) is 2.13. The van der Waals surface area contributed by atoms with Gasteiger partial charge < -0.3 is 20.1 Å². The molecule has 0 spiro atoms. The van der Waals surface area contributed by atoms with Crippen LogP contribution in [0, 0.1) is 0 Å². The van der Waals surface area contributed by atoms with Crippen LogP contribution in [0.1, 0.15) is 16.7 Å². The van der Waals surface area contributed by atoms with Gasteiger partial charge in [-0.1, -0.05) is 36.4 Å². The third-order valence-electron chi connectivity index (χ3n) is 3.95. The molecule has 134 valence electrons. The van der Waals surface area contributed by atoms with Gasteiger partial charge in [0.2, 0.25) is 0 Å². The number of rotatable bonds is 8. The number of hydrogen-bond acceptors (Lipinski definition) is 3. The minimum atomic E-state index is 0.612. The van der Waals surface area contributed by atoms with Crippen LogP contribution in [0.15, 0.2) is 53.5 Å². The Balaban J connectivity index is 1.80. The normalized spacial score (nSPS) is 11.2. The molecule has 2 rings (SSSR count). The first-order valence-electron chi connectivity index (χ1n) is 8.40. The maximum absolute atomic E-state index is 5.25. The van der Waals surface area contributed by atoms with Gasteiger partial charge in [0.1, 0.15) is 5.75 Å². The minimum absolute atomic E-state index is 0.612. The van der Waals surface area contributed by atoms with Crippen LogP contribution in [-0.4, -0.2) is 33.8 Å². The first-order valence-corrected chi connectivity index (χ1v) is 8.40. The molecule has 2 aromatic carbocycles. The number of methoxy groups -OCH3 is 2. The van der Waals surface area contributed by atoms with Gasteiger partial charge in [-0.15, -0.1) is 0 Å². The van der Waals surface area contributed by atoms with E-state index in [-0.39, 0.29) is 0 Å². The van der Waals surface area contributed by atoms with E-state index >= 15 is 0 Å². The van der Waals surface area contributed by atoms with E-state index in [0.29, 0.717) is 13.2 Å². The fraction of sp³-hybridized carbons (Fsp3) is 0.350. The minimum Gasteiger partial charge on any atom is -0.497 e. The van der Waals surface area contributed by atoms with Crippen molar-refractivity contribution in [3.8, 4) is 5.75 Å². The lowest BCUT2D eigenvalue weighted by Gasteiger charge is -2.14. The summed E-state index contributed by atoms with van der Waals surface area (Å²) in [6, 6.07) is 16.4. The van der Waals surface area contributed by atoms with Gasteiger partial charge in [0.05, 0.1) is 13.7 Å². The Morgan fingerprint density at radius 3 is 2.32 bits per heavy atom. The Labute approximate surface area is 150 Å². The van der Waals surface area contributed by atoms with Crippen LogP contribution in [0.5, 0.6) is 5.75 Å². The van der Waals surface area contributed by atoms with E-state index in [1.807, 2.05) is 24.3 Å². The number of nitrogens with one attached hydrogen (secondary N) is 2. The number of benzene rings is 2. The molecule has 0 aromatic heterocycles. The van der Waals surface area contributed by atoms with E-state index in [2.05, 4.69) is 39.9 Å². The van der Waals surface area contributed by atoms with Crippen molar-refractivity contribution in [1.82, 2.24) is 10.6 Å². The van der Waals surface area contributed by atoms with Crippen molar-refractivity contribution in [3.05, 3.63) is 65.2 Å². The van der Waals surface area contributed by atoms with Crippen LogP contribution >= 0.6 is 0 Å². The zero-order valence-corrected chi connectivity index (χ0v) is 15.2. The largest absolute Gasteiger partial charge is 0.497 e. The maximum atomic E-state index is 5.25. The third kappa shape index (κ3) is 6.12. The van der Waals surface area contributed by atoms with Gasteiger partial charge in [0.15, 0.2) is 5.96 Å². The summed E-state index contributed by atoms with van der Waals surface area (Å²) in [4.78, 5) is 4.28. The summed E-state index contributed by atoms with van der Waals surface area (Å²) in [5.41, 5.74) is 3.66. The Hall–Kier alpha value is -2.53. The van der Waals surface area contributed by atoms with E-state index in [0.717, 1.165) is 24.7 Å². The van der Waals surface area contributed by atoms with Crippen molar-refractivity contribution < 1.29 is 9.47 Å². The SMILES string of the molecule is CN=C(NCCc1ccc(OC)cc1)NCc1ccccc1COC. The quantitative estimate of drug-likeness (QED) is 0.573. The summed E-state index contributed by atoms with van der Waals surface area (Å²) < 4.78 is 10.4. The molecule has 0 aliphatic carbocycles. The second-order valence-corrected chi connectivity index (χ2v) is 5.65. The molecule has 25 heavy (non-hydrogen) atoms. The van der Waals surface area contributed by atoms with E-state index in [1.165, 1.54) is 16.7 Å². The van der Waals surface area contributed by atoms with E-state index in [9.17, 15) is 0 Å². The van der Waals surface area contributed by atoms with Gasteiger partial charge in [0, 0.05) is 27.2 Å². The molecule has 0 bridgehead atoms. The van der Waals surface area contributed by atoms with Crippen molar-refractivity contribution >= 4 is 5.96 Å². The Morgan fingerprint density at radius 1 is 0.960 bits per heavy atom. The number of hydrogen-bond donors (Lipinski definition) is 2. The van der Waals surface area contributed by atoms with Crippen molar-refractivity contribution in [3.63, 3.8) is 0 Å². The lowest BCUT2D eigenvalue weighted by atomic mass is 10.1. The Morgan fingerprint density at radius 2 is 1.68 bits per heavy atom. The first-order chi connectivity index (χ1) is 12.3. The van der Waals surface area contributed by atoms with Gasteiger partial charge in [0.25, 0.3) is 0 Å². The molecule has 0 aliphatic rings. The molecule has 0 radical (unpaired) electrons. The van der Waals surface area contributed by atoms with Gasteiger partial charge in [-0.25, -0.2) is 0 Å². The van der Waals surface area contributed by atoms with Crippen LogP contribution in [0.3, 0.4) is 0 Å². The van der Waals surface area contributed by atoms with Crippen molar-refractivity contribution in [2.45, 2.75) is 19.6 Å². The summed E-state index contributed by atoms with van der Waals surface area (Å²) in [5, 5.41) is 6.70. The van der Waals surface area contributed by atoms with Crippen molar-refractivity contribution in [2.75, 3.05) is 27.8 Å². The standard InChI is InChI=1S/C20H27N3O2/c1-21-20(22-13-12-16-8-10-19(25-3)11-9-16)23-14-17-6-4-5-7-18(17)15-24-2/h4-11H,12-15H2,1-3H3,(H2,21,22,23). The molecule has 2 aromatic rings. The zero-order chi connectivity index (χ0) is 17.9. The fourth-order valence-corrected chi connectivity index (χ4v) is 2.54. The predicted octanol–water partition coefficient (Wildman–Crippen LogP) is 2.75. The van der Waals surface area contributed by atoms with Gasteiger partial charge in [-0.05, 0) is 35.2 Å². The summed E-state index contributed by atoms with van der Waals surface area (Å²) in [6.07, 6.45) is 0.922. The van der Waals surface area contributed by atoms with Gasteiger partial charge in [-0.2, -0.15) is 0 Å². The molecule has 0 atom stereocenters. The van der Waals surface area contributed by atoms with E-state index in [4.69, 9.17) is 9.47 Å². The molecule has 0 unspecified atom stereocenters. The van der Waals surface area contributed by atoms with E-state index in [1.54, 1.807) is 21.3 Å². The van der Waals surface area contributed by atoms with Crippen LogP contribution in [-0.2, 0) is 24.3 Å². The molecule has 0 aliphatic heterocycles. The average molecular weight is 341 g/mol. The third-order valence-corrected chi connectivity index (χ3v) is 3.95. The fourth-order valence-electron chi connectivity index (χ4n) is 2.54. The van der Waals surface area contributed by atoms with E-state index < -0.39 is 0 Å². The number of nitrogens with zero attached hydrogens (tertiary/aromatic N) is 1. The highest BCUT2D eigenvalue weighted by atomic mass is 16.5. The van der Waals surface area contributed by atoms with Crippen molar-refractivity contribution in [2.24, 2.45) is 4.99 Å². The highest BCUT2D eigenvalue weighted by Gasteiger charge is 2.03. The lowest BCUT2D eigenvalue weighted by Crippen LogP contribution is -2.38. The van der Waals surface area contributed by atoms with Crippen LogP contribution in [0.4, 0.5) is 0 Å². The monoisotopic (exact) mass is 341 g/mol. The highest BCUT2D eigenvalue weighted by molar-refractivity contribution is 5.79. The van der Waals surface area contributed by atoms with Crippen molar-refractivity contribution in [1.29, 1.82) is 0 Å². The molecule has 5 nitrogen and oxygen atoms in total. The lowest BCUT2D eigenvalue weighted by molar-refractivity contribution is 0.184. The second kappa shape index (κ2) is 10.4. The molecule has 0 heterocycles. The topological polar surface area (TPSA) is 54.9 Å². The summed E-state index contributed by atoms with van der Waals surface area (Å²) >= 11 is 0. The smallest absolute Gasteiger partial charge is 0.191 e. The van der Waals surface area contributed by atoms with Gasteiger partial charge >= 0.3 is 0 Å². The predicted molar refractivity (Wildman–Crippen MR) is 102 cm³/mol. The molecule has 2 N–H and O–H groups in total.